The molecule has 0 N–H and O–H groups in total. The Morgan fingerprint density at radius 3 is 1.95 bits per heavy atom. The highest BCUT2D eigenvalue weighted by Gasteiger charge is 2.17. The molecule has 1 heterocycles. The number of hydrogen-bond acceptors (Lipinski definition) is 6. The molecule has 1 aromatic carbocycles. The van der Waals surface area contributed by atoms with Gasteiger partial charge in [-0.1, -0.05) is 18.2 Å². The molecular formula is C16H15NO5. The minimum Gasteiger partial charge on any atom is -0.496 e. The molecule has 0 fully saturated rings. The summed E-state index contributed by atoms with van der Waals surface area (Å²) in [5.41, 5.74) is 1.37. The van der Waals surface area contributed by atoms with Crippen LogP contribution in [0.3, 0.4) is 0 Å². The molecule has 0 spiro atoms. The Labute approximate surface area is 127 Å². The Kier molecular flexibility index (Phi) is 4.73. The summed E-state index contributed by atoms with van der Waals surface area (Å²) in [5, 5.41) is 0. The highest BCUT2D eigenvalue weighted by molar-refractivity contribution is 5.94. The zero-order valence-corrected chi connectivity index (χ0v) is 12.5. The first-order chi connectivity index (χ1) is 10.6. The largest absolute Gasteiger partial charge is 0.496 e. The van der Waals surface area contributed by atoms with Gasteiger partial charge in [0, 0.05) is 5.56 Å². The first-order valence-electron chi connectivity index (χ1n) is 6.42. The van der Waals surface area contributed by atoms with Gasteiger partial charge in [-0.3, -0.25) is 0 Å². The summed E-state index contributed by atoms with van der Waals surface area (Å²) < 4.78 is 14.6. The third-order valence-electron chi connectivity index (χ3n) is 3.03. The average molecular weight is 301 g/mol. The van der Waals surface area contributed by atoms with Gasteiger partial charge >= 0.3 is 11.9 Å². The van der Waals surface area contributed by atoms with Crippen LogP contribution < -0.4 is 4.74 Å². The molecule has 0 atom stereocenters. The van der Waals surface area contributed by atoms with Crippen LogP contribution in [0.15, 0.2) is 36.4 Å². The molecule has 0 saturated carbocycles. The molecule has 6 heteroatoms. The highest BCUT2D eigenvalue weighted by atomic mass is 16.5. The lowest BCUT2D eigenvalue weighted by Gasteiger charge is -2.10. The summed E-state index contributed by atoms with van der Waals surface area (Å²) >= 11 is 0. The van der Waals surface area contributed by atoms with Crippen LogP contribution >= 0.6 is 0 Å². The van der Waals surface area contributed by atoms with E-state index in [9.17, 15) is 9.59 Å². The molecule has 2 rings (SSSR count). The van der Waals surface area contributed by atoms with Crippen molar-refractivity contribution in [3.63, 3.8) is 0 Å². The number of rotatable bonds is 4. The lowest BCUT2D eigenvalue weighted by molar-refractivity contribution is 0.0586. The van der Waals surface area contributed by atoms with Gasteiger partial charge < -0.3 is 14.2 Å². The monoisotopic (exact) mass is 301 g/mol. The minimum absolute atomic E-state index is 0.0197. The maximum Gasteiger partial charge on any atom is 0.356 e. The number of aromatic nitrogens is 1. The zero-order valence-electron chi connectivity index (χ0n) is 12.5. The van der Waals surface area contributed by atoms with Crippen molar-refractivity contribution >= 4 is 11.9 Å². The molecule has 6 nitrogen and oxygen atoms in total. The summed E-state index contributed by atoms with van der Waals surface area (Å²) in [6.45, 7) is 0. The number of para-hydroxylation sites is 1. The number of carbonyl (C=O) groups excluding carboxylic acids is 2. The molecule has 114 valence electrons. The Bertz CT molecular complexity index is 677. The molecule has 1 aromatic heterocycles. The van der Waals surface area contributed by atoms with E-state index in [1.165, 1.54) is 26.4 Å². The van der Waals surface area contributed by atoms with E-state index >= 15 is 0 Å². The number of pyridine rings is 1. The lowest BCUT2D eigenvalue weighted by atomic mass is 10.0. The van der Waals surface area contributed by atoms with Gasteiger partial charge in [0.05, 0.1) is 21.3 Å². The molecule has 0 amide bonds. The Morgan fingerprint density at radius 2 is 1.45 bits per heavy atom. The van der Waals surface area contributed by atoms with E-state index in [1.807, 2.05) is 18.2 Å². The predicted molar refractivity (Wildman–Crippen MR) is 78.9 cm³/mol. The quantitative estimate of drug-likeness (QED) is 0.807. The standard InChI is InChI=1S/C16H15NO5/c1-20-14-7-5-4-6-11(14)10-8-12(15(18)21-2)17-13(9-10)16(19)22-3/h4-9H,1-3H3. The number of carbonyl (C=O) groups is 2. The third-order valence-corrected chi connectivity index (χ3v) is 3.03. The molecule has 0 aliphatic carbocycles. The van der Waals surface area contributed by atoms with Gasteiger partial charge in [0.15, 0.2) is 0 Å². The summed E-state index contributed by atoms with van der Waals surface area (Å²) in [7, 11) is 4.04. The van der Waals surface area contributed by atoms with E-state index in [0.29, 0.717) is 11.3 Å². The van der Waals surface area contributed by atoms with E-state index in [0.717, 1.165) is 5.56 Å². The molecule has 0 saturated heterocycles. The first-order valence-corrected chi connectivity index (χ1v) is 6.42. The number of methoxy groups -OCH3 is 3. The normalized spacial score (nSPS) is 9.95. The second-order valence-corrected chi connectivity index (χ2v) is 4.31. The predicted octanol–water partition coefficient (Wildman–Crippen LogP) is 2.33. The zero-order chi connectivity index (χ0) is 16.1. The van der Waals surface area contributed by atoms with Crippen molar-refractivity contribution < 1.29 is 23.8 Å². The van der Waals surface area contributed by atoms with Crippen molar-refractivity contribution in [2.45, 2.75) is 0 Å². The van der Waals surface area contributed by atoms with Crippen LogP contribution in [0.1, 0.15) is 21.0 Å². The number of nitrogens with zero attached hydrogens (tertiary/aromatic N) is 1. The first kappa shape index (κ1) is 15.5. The molecule has 2 aromatic rings. The average Bonchev–Trinajstić information content (AvgIpc) is 2.59. The Balaban J connectivity index is 2.64. The van der Waals surface area contributed by atoms with Gasteiger partial charge in [0.2, 0.25) is 0 Å². The van der Waals surface area contributed by atoms with Crippen LogP contribution in [0, 0.1) is 0 Å². The van der Waals surface area contributed by atoms with Gasteiger partial charge in [-0.15, -0.1) is 0 Å². The number of hydrogen-bond donors (Lipinski definition) is 0. The van der Waals surface area contributed by atoms with E-state index in [2.05, 4.69) is 14.5 Å². The van der Waals surface area contributed by atoms with Crippen molar-refractivity contribution in [1.29, 1.82) is 0 Å². The summed E-state index contributed by atoms with van der Waals surface area (Å²) in [4.78, 5) is 27.5. The second-order valence-electron chi connectivity index (χ2n) is 4.31. The molecule has 0 bridgehead atoms. The molecule has 0 aliphatic rings. The Hall–Kier alpha value is -2.89. The highest BCUT2D eigenvalue weighted by Crippen LogP contribution is 2.30. The van der Waals surface area contributed by atoms with Crippen LogP contribution in [0.25, 0.3) is 11.1 Å². The lowest BCUT2D eigenvalue weighted by Crippen LogP contribution is -2.11. The number of esters is 2. The number of benzene rings is 1. The van der Waals surface area contributed by atoms with E-state index in [1.54, 1.807) is 13.2 Å². The second kappa shape index (κ2) is 6.71. The molecule has 0 radical (unpaired) electrons. The third kappa shape index (κ3) is 3.06. The number of ether oxygens (including phenoxy) is 3. The van der Waals surface area contributed by atoms with Crippen LogP contribution in [0.4, 0.5) is 0 Å². The minimum atomic E-state index is -0.637. The molecule has 22 heavy (non-hydrogen) atoms. The fourth-order valence-electron chi connectivity index (χ4n) is 1.99. The van der Waals surface area contributed by atoms with E-state index in [-0.39, 0.29) is 11.4 Å². The van der Waals surface area contributed by atoms with Gasteiger partial charge in [-0.25, -0.2) is 14.6 Å². The molecule has 0 aliphatic heterocycles. The van der Waals surface area contributed by atoms with Crippen molar-refractivity contribution in [3.8, 4) is 16.9 Å². The van der Waals surface area contributed by atoms with Gasteiger partial charge in [-0.2, -0.15) is 0 Å². The summed E-state index contributed by atoms with van der Waals surface area (Å²) in [5.74, 6) is -0.663. The maximum atomic E-state index is 11.7. The van der Waals surface area contributed by atoms with Gasteiger partial charge in [0.25, 0.3) is 0 Å². The smallest absolute Gasteiger partial charge is 0.356 e. The van der Waals surface area contributed by atoms with Crippen LogP contribution in [0.2, 0.25) is 0 Å². The van der Waals surface area contributed by atoms with E-state index < -0.39 is 11.9 Å². The van der Waals surface area contributed by atoms with Crippen molar-refractivity contribution in [1.82, 2.24) is 4.98 Å². The Morgan fingerprint density at radius 1 is 0.909 bits per heavy atom. The fraction of sp³-hybridized carbons (Fsp3) is 0.188. The summed E-state index contributed by atoms with van der Waals surface area (Å²) in [6.07, 6.45) is 0. The summed E-state index contributed by atoms with van der Waals surface area (Å²) in [6, 6.07) is 10.3. The van der Waals surface area contributed by atoms with Crippen LogP contribution in [-0.2, 0) is 9.47 Å². The van der Waals surface area contributed by atoms with Crippen LogP contribution in [0.5, 0.6) is 5.75 Å². The van der Waals surface area contributed by atoms with E-state index in [4.69, 9.17) is 4.74 Å². The fourth-order valence-corrected chi connectivity index (χ4v) is 1.99. The van der Waals surface area contributed by atoms with Crippen molar-refractivity contribution in [2.75, 3.05) is 21.3 Å². The van der Waals surface area contributed by atoms with Crippen LogP contribution in [-0.4, -0.2) is 38.3 Å². The molecular weight excluding hydrogens is 286 g/mol. The molecule has 0 unspecified atom stereocenters. The SMILES string of the molecule is COC(=O)c1cc(-c2ccccc2OC)cc(C(=O)OC)n1. The topological polar surface area (TPSA) is 74.7 Å². The van der Waals surface area contributed by atoms with Gasteiger partial charge in [-0.05, 0) is 23.8 Å². The van der Waals surface area contributed by atoms with Crippen molar-refractivity contribution in [3.05, 3.63) is 47.8 Å². The van der Waals surface area contributed by atoms with Crippen molar-refractivity contribution in [2.24, 2.45) is 0 Å². The van der Waals surface area contributed by atoms with Gasteiger partial charge in [0.1, 0.15) is 17.1 Å². The maximum absolute atomic E-state index is 11.7.